The number of rotatable bonds is 2. The first-order chi connectivity index (χ1) is 10.8. The Kier molecular flexibility index (Phi) is 3.29. The third-order valence-electron chi connectivity index (χ3n) is 5.19. The maximum atomic E-state index is 11.7. The van der Waals surface area contributed by atoms with Crippen molar-refractivity contribution in [3.05, 3.63) is 35.4 Å². The summed E-state index contributed by atoms with van der Waals surface area (Å²) in [7, 11) is -3.17. The smallest absolute Gasteiger partial charge is 0.211 e. The topological polar surface area (TPSA) is 74.9 Å². The van der Waals surface area contributed by atoms with Gasteiger partial charge in [-0.05, 0) is 36.8 Å². The molecule has 0 spiro atoms. The average molecular weight is 356 g/mol. The van der Waals surface area contributed by atoms with Crippen LogP contribution in [0.25, 0.3) is 5.52 Å². The van der Waals surface area contributed by atoms with Crippen LogP contribution in [0, 0.1) is 11.8 Å². The molecule has 3 heterocycles. The lowest BCUT2D eigenvalue weighted by molar-refractivity contribution is 0.0285. The fraction of sp³-hybridized carbons (Fsp3) is 0.533. The van der Waals surface area contributed by atoms with Gasteiger partial charge in [0.15, 0.2) is 0 Å². The fourth-order valence-electron chi connectivity index (χ4n) is 4.19. The summed E-state index contributed by atoms with van der Waals surface area (Å²) < 4.78 is 26.8. The molecule has 2 fully saturated rings. The summed E-state index contributed by atoms with van der Waals surface area (Å²) in [6.45, 7) is 0.951. The predicted molar refractivity (Wildman–Crippen MR) is 86.7 cm³/mol. The Bertz CT molecular complexity index is 865. The molecule has 4 rings (SSSR count). The number of pyridine rings is 1. The second kappa shape index (κ2) is 4.92. The van der Waals surface area contributed by atoms with E-state index in [4.69, 9.17) is 11.6 Å². The molecule has 2 unspecified atom stereocenters. The lowest BCUT2D eigenvalue weighted by atomic mass is 9.94. The highest BCUT2D eigenvalue weighted by molar-refractivity contribution is 7.88. The van der Waals surface area contributed by atoms with Crippen LogP contribution in [0.4, 0.5) is 0 Å². The summed E-state index contributed by atoms with van der Waals surface area (Å²) in [5, 5.41) is 11.8. The summed E-state index contributed by atoms with van der Waals surface area (Å²) in [6, 6.07) is 3.64. The van der Waals surface area contributed by atoms with Crippen molar-refractivity contribution >= 4 is 27.1 Å². The number of hydrogen-bond donors (Lipinski definition) is 1. The molecule has 6 nitrogen and oxygen atoms in total. The second-order valence-electron chi connectivity index (χ2n) is 6.76. The SMILES string of the molecule is CS(=O)(=O)N1CC2CC(O)(c3c(Cl)ccc4cncn34)CC2C1. The number of imidazole rings is 1. The van der Waals surface area contributed by atoms with Gasteiger partial charge in [0.05, 0.1) is 35.0 Å². The standard InChI is InChI=1S/C15H18ClN3O3S/c1-23(21,22)18-7-10-4-15(20,5-11(10)8-18)14-13(16)3-2-12-6-17-9-19(12)14/h2-3,6,9-11,20H,4-5,7-8H2,1H3. The monoisotopic (exact) mass is 355 g/mol. The van der Waals surface area contributed by atoms with Gasteiger partial charge in [0, 0.05) is 13.1 Å². The van der Waals surface area contributed by atoms with Crippen molar-refractivity contribution in [2.24, 2.45) is 11.8 Å². The molecule has 23 heavy (non-hydrogen) atoms. The summed E-state index contributed by atoms with van der Waals surface area (Å²) in [6.07, 6.45) is 5.65. The average Bonchev–Trinajstić information content (AvgIpc) is 3.09. The van der Waals surface area contributed by atoms with Crippen LogP contribution in [0.15, 0.2) is 24.7 Å². The number of halogens is 1. The van der Waals surface area contributed by atoms with Gasteiger partial charge in [0.25, 0.3) is 0 Å². The highest BCUT2D eigenvalue weighted by Gasteiger charge is 2.52. The molecule has 2 aromatic rings. The Hall–Kier alpha value is -1.15. The molecule has 8 heteroatoms. The second-order valence-corrected chi connectivity index (χ2v) is 9.15. The Morgan fingerprint density at radius 2 is 1.96 bits per heavy atom. The van der Waals surface area contributed by atoms with E-state index in [0.29, 0.717) is 36.6 Å². The number of aliphatic hydroxyl groups is 1. The predicted octanol–water partition coefficient (Wildman–Crippen LogP) is 1.48. The minimum Gasteiger partial charge on any atom is -0.384 e. The van der Waals surface area contributed by atoms with Gasteiger partial charge in [-0.25, -0.2) is 17.7 Å². The highest BCUT2D eigenvalue weighted by Crippen LogP contribution is 2.50. The van der Waals surface area contributed by atoms with Gasteiger partial charge in [0.1, 0.15) is 5.60 Å². The highest BCUT2D eigenvalue weighted by atomic mass is 35.5. The molecule has 2 aliphatic rings. The molecular formula is C15H18ClN3O3S. The van der Waals surface area contributed by atoms with Gasteiger partial charge in [-0.3, -0.25) is 4.40 Å². The quantitative estimate of drug-likeness (QED) is 0.885. The first kappa shape index (κ1) is 15.4. The molecule has 0 bridgehead atoms. The summed E-state index contributed by atoms with van der Waals surface area (Å²) in [5.74, 6) is 0.314. The van der Waals surface area contributed by atoms with Crippen molar-refractivity contribution in [2.45, 2.75) is 18.4 Å². The number of nitrogens with zero attached hydrogens (tertiary/aromatic N) is 3. The van der Waals surface area contributed by atoms with E-state index in [9.17, 15) is 13.5 Å². The minimum atomic E-state index is -3.17. The van der Waals surface area contributed by atoms with Gasteiger partial charge in [-0.1, -0.05) is 11.6 Å². The molecular weight excluding hydrogens is 338 g/mol. The first-order valence-electron chi connectivity index (χ1n) is 7.56. The van der Waals surface area contributed by atoms with E-state index in [-0.39, 0.29) is 11.8 Å². The van der Waals surface area contributed by atoms with Crippen LogP contribution >= 0.6 is 11.6 Å². The molecule has 1 saturated carbocycles. The van der Waals surface area contributed by atoms with Crippen molar-refractivity contribution in [1.29, 1.82) is 0 Å². The van der Waals surface area contributed by atoms with E-state index in [1.165, 1.54) is 10.6 Å². The Labute approximate surface area is 139 Å². The van der Waals surface area contributed by atoms with Crippen LogP contribution in [0.3, 0.4) is 0 Å². The van der Waals surface area contributed by atoms with Gasteiger partial charge in [-0.2, -0.15) is 0 Å². The summed E-state index contributed by atoms with van der Waals surface area (Å²) in [5.41, 5.74) is 0.498. The number of fused-ring (bicyclic) bond motifs is 2. The van der Waals surface area contributed by atoms with Crippen molar-refractivity contribution in [1.82, 2.24) is 13.7 Å². The van der Waals surface area contributed by atoms with Gasteiger partial charge in [-0.15, -0.1) is 0 Å². The largest absolute Gasteiger partial charge is 0.384 e. The van der Waals surface area contributed by atoms with Crippen LogP contribution < -0.4 is 0 Å². The van der Waals surface area contributed by atoms with Gasteiger partial charge in [0.2, 0.25) is 10.0 Å². The normalized spacial score (nSPS) is 31.8. The Morgan fingerprint density at radius 3 is 2.57 bits per heavy atom. The van der Waals surface area contributed by atoms with Crippen molar-refractivity contribution in [3.8, 4) is 0 Å². The van der Waals surface area contributed by atoms with Crippen LogP contribution in [0.2, 0.25) is 5.02 Å². The van der Waals surface area contributed by atoms with Crippen LogP contribution in [-0.2, 0) is 15.6 Å². The fourth-order valence-corrected chi connectivity index (χ4v) is 5.44. The van der Waals surface area contributed by atoms with E-state index in [1.807, 2.05) is 10.5 Å². The van der Waals surface area contributed by atoms with E-state index in [0.717, 1.165) is 5.52 Å². The van der Waals surface area contributed by atoms with Crippen LogP contribution in [0.5, 0.6) is 0 Å². The molecule has 0 amide bonds. The zero-order chi connectivity index (χ0) is 16.4. The molecule has 124 valence electrons. The molecule has 0 radical (unpaired) electrons. The maximum Gasteiger partial charge on any atom is 0.211 e. The maximum absolute atomic E-state index is 11.7. The molecule has 2 aromatic heterocycles. The molecule has 1 aliphatic heterocycles. The van der Waals surface area contributed by atoms with Gasteiger partial charge < -0.3 is 5.11 Å². The summed E-state index contributed by atoms with van der Waals surface area (Å²) >= 11 is 6.37. The molecule has 1 aliphatic carbocycles. The van der Waals surface area contributed by atoms with E-state index >= 15 is 0 Å². The minimum absolute atomic E-state index is 0.157. The third-order valence-corrected chi connectivity index (χ3v) is 6.73. The Morgan fingerprint density at radius 1 is 1.30 bits per heavy atom. The first-order valence-corrected chi connectivity index (χ1v) is 9.79. The number of hydrogen-bond acceptors (Lipinski definition) is 4. The Balaban J connectivity index is 1.70. The van der Waals surface area contributed by atoms with Crippen molar-refractivity contribution in [2.75, 3.05) is 19.3 Å². The van der Waals surface area contributed by atoms with Gasteiger partial charge >= 0.3 is 0 Å². The lowest BCUT2D eigenvalue weighted by Crippen LogP contribution is -2.32. The van der Waals surface area contributed by atoms with Crippen LogP contribution in [-0.4, -0.2) is 46.6 Å². The van der Waals surface area contributed by atoms with E-state index < -0.39 is 15.6 Å². The zero-order valence-electron chi connectivity index (χ0n) is 12.7. The van der Waals surface area contributed by atoms with Crippen molar-refractivity contribution in [3.63, 3.8) is 0 Å². The number of sulfonamides is 1. The van der Waals surface area contributed by atoms with Crippen molar-refractivity contribution < 1.29 is 13.5 Å². The van der Waals surface area contributed by atoms with E-state index in [2.05, 4.69) is 4.98 Å². The van der Waals surface area contributed by atoms with Crippen LogP contribution in [0.1, 0.15) is 18.5 Å². The molecule has 2 atom stereocenters. The lowest BCUT2D eigenvalue weighted by Gasteiger charge is -2.27. The number of aromatic nitrogens is 2. The third kappa shape index (κ3) is 2.38. The summed E-state index contributed by atoms with van der Waals surface area (Å²) in [4.78, 5) is 4.13. The molecule has 1 N–H and O–H groups in total. The van der Waals surface area contributed by atoms with E-state index in [1.54, 1.807) is 18.6 Å². The molecule has 0 aromatic carbocycles. The molecule has 1 saturated heterocycles. The zero-order valence-corrected chi connectivity index (χ0v) is 14.3.